The first-order valence-electron chi connectivity index (χ1n) is 43.7. The number of aromatic amines is 4. The van der Waals surface area contributed by atoms with Gasteiger partial charge in [0, 0.05) is 104 Å². The molecule has 4 aromatic carbocycles. The van der Waals surface area contributed by atoms with Gasteiger partial charge in [-0.15, -0.1) is 20.4 Å². The SMILES string of the molecule is CCCc1nc(C)c2c(=O)[nH]c(-c3cc(S(=O)(=O)N4CC(CCCO)C4)ccc3OCC)nn12.CCCc1nc(C)c2c(=O)[nH]c(-c3cc(S(=O)(=O)N4CC(CCO)C4)ccc3OCC)nn12.CCCc1nc(C)c2c(=O)[nH]c(-c3cc(S(=O)(=O)N4CC(CO)C4)ccc3OCC)nn12.CCCc1nc(C)c2c(=O)[nH]c(-c3cc(S(=O)(=O)N4CC(O)C4)ccc3OCC)nn12. The average molecular weight is 1870 g/mol. The lowest BCUT2D eigenvalue weighted by molar-refractivity contribution is 0.0548. The molecule has 8 aromatic heterocycles. The molecule has 0 amide bonds. The van der Waals surface area contributed by atoms with Gasteiger partial charge < -0.3 is 59.3 Å². The van der Waals surface area contributed by atoms with Gasteiger partial charge in [-0.1, -0.05) is 27.7 Å². The van der Waals surface area contributed by atoms with Gasteiger partial charge in [0.05, 0.1) is 97.1 Å². The Bertz CT molecular complexity index is 6900. The summed E-state index contributed by atoms with van der Waals surface area (Å²) < 4.78 is 139. The highest BCUT2D eigenvalue weighted by Crippen LogP contribution is 2.39. The maximum atomic E-state index is 13.2. The molecule has 16 rings (SSSR count). The molecule has 130 heavy (non-hydrogen) atoms. The fourth-order valence-corrected chi connectivity index (χ4v) is 22.3. The molecule has 0 spiro atoms. The van der Waals surface area contributed by atoms with Crippen molar-refractivity contribution in [3.8, 4) is 68.5 Å². The van der Waals surface area contributed by atoms with Crippen LogP contribution in [0.4, 0.5) is 0 Å². The Balaban J connectivity index is 0.000000148. The Morgan fingerprint density at radius 1 is 0.354 bits per heavy atom. The minimum Gasteiger partial charge on any atom is -0.493 e. The molecule has 700 valence electrons. The van der Waals surface area contributed by atoms with Gasteiger partial charge in [0.25, 0.3) is 22.2 Å². The van der Waals surface area contributed by atoms with E-state index < -0.39 is 46.2 Å². The number of β-amino-alcohol motifs (C(OH)–C–C–N with tert-alkyl or cyclic N) is 1. The van der Waals surface area contributed by atoms with Crippen LogP contribution < -0.4 is 41.2 Å². The van der Waals surface area contributed by atoms with Gasteiger partial charge in [0.15, 0.2) is 45.4 Å². The fraction of sp³-hybridized carbons (Fsp3) is 0.488. The predicted molar refractivity (Wildman–Crippen MR) is 482 cm³/mol. The highest BCUT2D eigenvalue weighted by molar-refractivity contribution is 7.90. The normalized spacial score (nSPS) is 15.2. The summed E-state index contributed by atoms with van der Waals surface area (Å²) in [5.41, 5.74) is 3.95. The third kappa shape index (κ3) is 19.8. The second kappa shape index (κ2) is 40.8. The Morgan fingerprint density at radius 2 is 0.600 bits per heavy atom. The Kier molecular flexibility index (Phi) is 30.3. The molecule has 12 aromatic rings. The zero-order chi connectivity index (χ0) is 93.6. The summed E-state index contributed by atoms with van der Waals surface area (Å²) in [7, 11) is -15.0. The monoisotopic (exact) mass is 1870 g/mol. The number of hydrogen-bond donors (Lipinski definition) is 8. The van der Waals surface area contributed by atoms with Crippen LogP contribution in [-0.2, 0) is 65.8 Å². The number of aliphatic hydroxyl groups is 4. The Hall–Kier alpha value is -11.0. The van der Waals surface area contributed by atoms with Crippen LogP contribution in [0.1, 0.15) is 146 Å². The lowest BCUT2D eigenvalue weighted by Gasteiger charge is -2.38. The number of nitrogens with one attached hydrogen (secondary N) is 4. The number of hydrogen-bond acceptors (Lipinski definition) is 28. The van der Waals surface area contributed by atoms with Crippen LogP contribution in [0.25, 0.3) is 67.6 Å². The molecule has 8 N–H and O–H groups in total. The largest absolute Gasteiger partial charge is 0.493 e. The van der Waals surface area contributed by atoms with Crippen LogP contribution in [0.3, 0.4) is 0 Å². The lowest BCUT2D eigenvalue weighted by atomic mass is 9.98. The van der Waals surface area contributed by atoms with Crippen LogP contribution in [0.5, 0.6) is 23.0 Å². The van der Waals surface area contributed by atoms with Crippen LogP contribution in [0, 0.1) is 45.4 Å². The molecule has 4 fully saturated rings. The van der Waals surface area contributed by atoms with Gasteiger partial charge in [0.1, 0.15) is 46.3 Å². The van der Waals surface area contributed by atoms with Crippen molar-refractivity contribution in [1.29, 1.82) is 0 Å². The maximum absolute atomic E-state index is 13.2. The van der Waals surface area contributed by atoms with Gasteiger partial charge in [-0.2, -0.15) is 17.2 Å². The Labute approximate surface area is 750 Å². The first kappa shape index (κ1) is 96.5. The summed E-state index contributed by atoms with van der Waals surface area (Å²) in [6.45, 7) is 26.3. The molecule has 0 aliphatic carbocycles. The first-order valence-corrected chi connectivity index (χ1v) is 49.5. The topological polar surface area (TPSA) is 520 Å². The average Bonchev–Trinajstić information content (AvgIpc) is 1.18. The van der Waals surface area contributed by atoms with E-state index in [0.717, 1.165) is 32.1 Å². The number of nitrogens with zero attached hydrogens (tertiary/aromatic N) is 16. The number of fused-ring (bicyclic) bond motifs is 4. The molecule has 0 bridgehead atoms. The molecule has 4 aliphatic heterocycles. The Morgan fingerprint density at radius 3 is 0.823 bits per heavy atom. The zero-order valence-electron chi connectivity index (χ0n) is 74.7. The summed E-state index contributed by atoms with van der Waals surface area (Å²) >= 11 is 0. The highest BCUT2D eigenvalue weighted by atomic mass is 32.2. The van der Waals surface area contributed by atoms with Crippen molar-refractivity contribution in [1.82, 2.24) is 95.5 Å². The van der Waals surface area contributed by atoms with E-state index in [1.807, 2.05) is 55.4 Å². The van der Waals surface area contributed by atoms with E-state index in [4.69, 9.17) is 29.2 Å². The van der Waals surface area contributed by atoms with Crippen LogP contribution in [0.2, 0.25) is 0 Å². The van der Waals surface area contributed by atoms with Crippen molar-refractivity contribution in [3.05, 3.63) is 160 Å². The van der Waals surface area contributed by atoms with Gasteiger partial charge in [0.2, 0.25) is 40.1 Å². The second-order valence-corrected chi connectivity index (χ2v) is 39.9. The summed E-state index contributed by atoms with van der Waals surface area (Å²) in [5, 5.41) is 55.2. The maximum Gasteiger partial charge on any atom is 0.277 e. The second-order valence-electron chi connectivity index (χ2n) is 32.2. The van der Waals surface area contributed by atoms with Gasteiger partial charge in [-0.25, -0.2) is 71.7 Å². The molecule has 4 aliphatic rings. The van der Waals surface area contributed by atoms with Gasteiger partial charge in [-0.05, 0) is 185 Å². The van der Waals surface area contributed by atoms with E-state index in [0.29, 0.717) is 205 Å². The number of aliphatic hydroxyl groups excluding tert-OH is 4. The zero-order valence-corrected chi connectivity index (χ0v) is 78.0. The fourth-order valence-electron chi connectivity index (χ4n) is 15.9. The molecule has 0 atom stereocenters. The molecule has 4 saturated heterocycles. The number of ether oxygens (including phenoxy) is 4. The van der Waals surface area contributed by atoms with E-state index >= 15 is 0 Å². The molecule has 12 heterocycles. The van der Waals surface area contributed by atoms with Crippen molar-refractivity contribution in [3.63, 3.8) is 0 Å². The summed E-state index contributed by atoms with van der Waals surface area (Å²) in [6.07, 6.45) is 7.36. The number of imidazole rings is 4. The van der Waals surface area contributed by atoms with E-state index in [2.05, 4.69) is 60.3 Å². The third-order valence-electron chi connectivity index (χ3n) is 22.6. The van der Waals surface area contributed by atoms with Gasteiger partial charge >= 0.3 is 0 Å². The van der Waals surface area contributed by atoms with E-state index in [1.165, 1.54) is 74.8 Å². The summed E-state index contributed by atoms with van der Waals surface area (Å²) in [5.74, 6) is 5.57. The number of sulfonamides is 4. The van der Waals surface area contributed by atoms with Crippen LogP contribution in [-0.4, -0.2) is 254 Å². The molecule has 0 unspecified atom stereocenters. The van der Waals surface area contributed by atoms with Crippen molar-refractivity contribution < 1.29 is 73.0 Å². The molecular formula is C86H112N20O20S4. The lowest BCUT2D eigenvalue weighted by Crippen LogP contribution is -2.53. The van der Waals surface area contributed by atoms with Crippen molar-refractivity contribution in [2.45, 2.75) is 179 Å². The third-order valence-corrected chi connectivity index (χ3v) is 29.9. The predicted octanol–water partition coefficient (Wildman–Crippen LogP) is 6.35. The van der Waals surface area contributed by atoms with Crippen molar-refractivity contribution in [2.24, 2.45) is 17.8 Å². The number of aromatic nitrogens is 16. The van der Waals surface area contributed by atoms with E-state index in [-0.39, 0.29) is 129 Å². The molecule has 44 heteroatoms. The van der Waals surface area contributed by atoms with Gasteiger partial charge in [-0.3, -0.25) is 19.2 Å². The number of benzene rings is 4. The van der Waals surface area contributed by atoms with Crippen molar-refractivity contribution in [2.75, 3.05) is 98.6 Å². The molecule has 40 nitrogen and oxygen atoms in total. The quantitative estimate of drug-likeness (QED) is 0.0218. The highest BCUT2D eigenvalue weighted by Gasteiger charge is 2.41. The number of H-pyrrole nitrogens is 4. The minimum atomic E-state index is -3.78. The standard InChI is InChI=1S/C23H31N5O5S.C22H29N5O5S.C21H27N5O5S.C20H25N5O5S/c1-4-7-20-24-15(3)21-23(30)25-22(26-28(20)21)18-12-17(9-10-19(18)33-5-2)34(31,32)27-13-16(14-27)8-6-11-29;1-4-6-19-23-14(3)20-22(29)24-21(25-27(19)20)17-11-16(7-8-18(17)32-5-2)33(30,31)26-12-15(13-26)9-10-28;1-4-6-18-22-13(3)19-21(28)23-20(24-26(18)19)16-9-15(7-8-17(16)31-5-2)32(29,30)25-10-14(11-25)12-27;1-4-6-17-21-12(3)18-20(27)22-19(23-25(17)18)15-9-14(7-8-16(15)30-5-2)31(28,29)24-10-13(26)11-24/h9-10,12,16,29H,4-8,11,13-14H2,1-3H3,(H,25,26,30);7-8,11,15,28H,4-6,9-10,12-13H2,1-3H3,(H,24,25,29);7-9,14,27H,4-6,10-12H2,1-3H3,(H,23,24,28);7-9,13,26H,4-6,10-11H2,1-3H3,(H,22,23,27). The molecule has 0 saturated carbocycles. The van der Waals surface area contributed by atoms with Crippen LogP contribution in [0.15, 0.2) is 112 Å². The summed E-state index contributed by atoms with van der Waals surface area (Å²) in [4.78, 5) is 80.8. The minimum absolute atomic E-state index is 0.0381. The smallest absolute Gasteiger partial charge is 0.277 e. The molecule has 0 radical (unpaired) electrons. The van der Waals surface area contributed by atoms with E-state index in [9.17, 15) is 63.1 Å². The number of aryl methyl sites for hydroxylation is 8. The van der Waals surface area contributed by atoms with Crippen LogP contribution >= 0.6 is 0 Å². The summed E-state index contributed by atoms with van der Waals surface area (Å²) in [6, 6.07) is 18.2. The van der Waals surface area contributed by atoms with Crippen molar-refractivity contribution >= 4 is 62.2 Å². The number of rotatable bonds is 34. The molecular weight excluding hydrogens is 1760 g/mol. The van der Waals surface area contributed by atoms with E-state index in [1.54, 1.807) is 61.0 Å². The first-order chi connectivity index (χ1) is 62.1.